The predicted molar refractivity (Wildman–Crippen MR) is 42.9 cm³/mol. The zero-order valence-electron chi connectivity index (χ0n) is 6.63. The minimum Gasteiger partial charge on any atom is -0.374 e. The van der Waals surface area contributed by atoms with Gasteiger partial charge in [0, 0.05) is 0 Å². The van der Waals surface area contributed by atoms with Crippen LogP contribution in [0.3, 0.4) is 0 Å². The minimum absolute atomic E-state index is 0.342. The van der Waals surface area contributed by atoms with E-state index in [0.717, 1.165) is 13.0 Å². The van der Waals surface area contributed by atoms with Crippen LogP contribution in [0.2, 0.25) is 0 Å². The molecule has 56 valence electrons. The molecule has 0 bridgehead atoms. The molecule has 0 radical (unpaired) electrons. The topological polar surface area (TPSA) is 9.23 Å². The van der Waals surface area contributed by atoms with Crippen LogP contribution in [0.25, 0.3) is 0 Å². The van der Waals surface area contributed by atoms with Crippen LogP contribution in [0.4, 0.5) is 0 Å². The molecule has 0 unspecified atom stereocenters. The van der Waals surface area contributed by atoms with Gasteiger partial charge in [-0.25, -0.2) is 0 Å². The highest BCUT2D eigenvalue weighted by molar-refractivity contribution is 5.26. The molecule has 0 saturated carbocycles. The number of hydrogen-bond donors (Lipinski definition) is 0. The fraction of sp³-hybridized carbons (Fsp3) is 0.556. The van der Waals surface area contributed by atoms with Crippen LogP contribution in [0.15, 0.2) is 23.8 Å². The highest BCUT2D eigenvalue weighted by Gasteiger charge is 1.98. The van der Waals surface area contributed by atoms with Gasteiger partial charge in [-0.15, -0.1) is 0 Å². The molecule has 0 aromatic rings. The average molecular weight is 138 g/mol. The summed E-state index contributed by atoms with van der Waals surface area (Å²) in [5.41, 5.74) is 1.31. The summed E-state index contributed by atoms with van der Waals surface area (Å²) in [6, 6.07) is 0. The van der Waals surface area contributed by atoms with Gasteiger partial charge in [-0.2, -0.15) is 0 Å². The van der Waals surface area contributed by atoms with Crippen LogP contribution in [-0.4, -0.2) is 12.7 Å². The van der Waals surface area contributed by atoms with E-state index in [1.807, 2.05) is 0 Å². The minimum atomic E-state index is 0.342. The van der Waals surface area contributed by atoms with Crippen LogP contribution >= 0.6 is 0 Å². The molecule has 0 amide bonds. The third-order valence-electron chi connectivity index (χ3n) is 1.43. The molecule has 10 heavy (non-hydrogen) atoms. The zero-order valence-corrected chi connectivity index (χ0v) is 6.63. The van der Waals surface area contributed by atoms with E-state index in [4.69, 9.17) is 4.74 Å². The average Bonchev–Trinajstić information content (AvgIpc) is 2.34. The Labute approximate surface area is 62.4 Å². The molecule has 1 aliphatic rings. The van der Waals surface area contributed by atoms with E-state index >= 15 is 0 Å². The van der Waals surface area contributed by atoms with Gasteiger partial charge in [-0.1, -0.05) is 18.2 Å². The molecule has 1 heteroatoms. The lowest BCUT2D eigenvalue weighted by atomic mass is 10.3. The van der Waals surface area contributed by atoms with Crippen LogP contribution in [0, 0.1) is 0 Å². The van der Waals surface area contributed by atoms with E-state index in [-0.39, 0.29) is 0 Å². The van der Waals surface area contributed by atoms with Crippen molar-refractivity contribution in [2.45, 2.75) is 26.4 Å². The molecule has 0 atom stereocenters. The fourth-order valence-electron chi connectivity index (χ4n) is 0.877. The fourth-order valence-corrected chi connectivity index (χ4v) is 0.877. The first-order chi connectivity index (χ1) is 4.79. The summed E-state index contributed by atoms with van der Waals surface area (Å²) < 4.78 is 5.41. The van der Waals surface area contributed by atoms with Gasteiger partial charge in [0.25, 0.3) is 0 Å². The first kappa shape index (κ1) is 7.55. The molecule has 0 saturated heterocycles. The summed E-state index contributed by atoms with van der Waals surface area (Å²) in [7, 11) is 0. The number of hydrogen-bond acceptors (Lipinski definition) is 1. The molecule has 0 aliphatic heterocycles. The van der Waals surface area contributed by atoms with Crippen molar-refractivity contribution in [3.8, 4) is 0 Å². The van der Waals surface area contributed by atoms with Crippen molar-refractivity contribution in [2.75, 3.05) is 6.61 Å². The smallest absolute Gasteiger partial charge is 0.0717 e. The summed E-state index contributed by atoms with van der Waals surface area (Å²) in [5.74, 6) is 0. The lowest BCUT2D eigenvalue weighted by Gasteiger charge is -2.05. The normalized spacial score (nSPS) is 16.5. The third-order valence-corrected chi connectivity index (χ3v) is 1.43. The van der Waals surface area contributed by atoms with E-state index < -0.39 is 0 Å². The maximum absolute atomic E-state index is 5.41. The second-order valence-corrected chi connectivity index (χ2v) is 2.78. The van der Waals surface area contributed by atoms with Crippen molar-refractivity contribution in [3.63, 3.8) is 0 Å². The van der Waals surface area contributed by atoms with E-state index in [2.05, 4.69) is 32.1 Å². The van der Waals surface area contributed by atoms with E-state index in [0.29, 0.717) is 6.10 Å². The van der Waals surface area contributed by atoms with E-state index in [1.165, 1.54) is 5.57 Å². The standard InChI is InChI=1S/C9H14O/c1-8(2)10-7-9-5-3-4-6-9/h3,5-6,8H,4,7H2,1-2H3. The van der Waals surface area contributed by atoms with E-state index in [1.54, 1.807) is 0 Å². The first-order valence-corrected chi connectivity index (χ1v) is 3.76. The second kappa shape index (κ2) is 3.57. The Balaban J connectivity index is 2.19. The van der Waals surface area contributed by atoms with Crippen molar-refractivity contribution >= 4 is 0 Å². The van der Waals surface area contributed by atoms with Gasteiger partial charge in [0.15, 0.2) is 0 Å². The summed E-state index contributed by atoms with van der Waals surface area (Å²) in [6.45, 7) is 4.88. The van der Waals surface area contributed by atoms with Gasteiger partial charge in [0.1, 0.15) is 0 Å². The molecule has 0 heterocycles. The van der Waals surface area contributed by atoms with Gasteiger partial charge in [0.05, 0.1) is 12.7 Å². The molecule has 1 nitrogen and oxygen atoms in total. The lowest BCUT2D eigenvalue weighted by Crippen LogP contribution is -2.04. The molecule has 1 aliphatic carbocycles. The second-order valence-electron chi connectivity index (χ2n) is 2.78. The largest absolute Gasteiger partial charge is 0.374 e. The predicted octanol–water partition coefficient (Wildman–Crippen LogP) is 2.30. The van der Waals surface area contributed by atoms with Crippen LogP contribution < -0.4 is 0 Å². The Morgan fingerprint density at radius 2 is 2.40 bits per heavy atom. The van der Waals surface area contributed by atoms with Crippen LogP contribution in [-0.2, 0) is 4.74 Å². The Morgan fingerprint density at radius 1 is 1.60 bits per heavy atom. The molecule has 0 N–H and O–H groups in total. The Hall–Kier alpha value is -0.560. The van der Waals surface area contributed by atoms with Crippen molar-refractivity contribution < 1.29 is 4.74 Å². The Kier molecular flexibility index (Phi) is 2.69. The number of ether oxygens (including phenoxy) is 1. The maximum Gasteiger partial charge on any atom is 0.0717 e. The molecule has 0 aromatic heterocycles. The third kappa shape index (κ3) is 2.36. The van der Waals surface area contributed by atoms with Gasteiger partial charge in [0.2, 0.25) is 0 Å². The first-order valence-electron chi connectivity index (χ1n) is 3.76. The Morgan fingerprint density at radius 3 is 2.90 bits per heavy atom. The van der Waals surface area contributed by atoms with Crippen LogP contribution in [0.1, 0.15) is 20.3 Å². The zero-order chi connectivity index (χ0) is 7.40. The van der Waals surface area contributed by atoms with E-state index in [9.17, 15) is 0 Å². The number of rotatable bonds is 3. The summed E-state index contributed by atoms with van der Waals surface area (Å²) in [6.07, 6.45) is 7.90. The van der Waals surface area contributed by atoms with Crippen molar-refractivity contribution in [2.24, 2.45) is 0 Å². The van der Waals surface area contributed by atoms with Crippen molar-refractivity contribution in [1.82, 2.24) is 0 Å². The molecule has 0 spiro atoms. The summed E-state index contributed by atoms with van der Waals surface area (Å²) in [4.78, 5) is 0. The molecule has 0 aromatic carbocycles. The molecular weight excluding hydrogens is 124 g/mol. The van der Waals surface area contributed by atoms with Gasteiger partial charge in [-0.3, -0.25) is 0 Å². The van der Waals surface area contributed by atoms with Gasteiger partial charge < -0.3 is 4.74 Å². The highest BCUT2D eigenvalue weighted by atomic mass is 16.5. The highest BCUT2D eigenvalue weighted by Crippen LogP contribution is 2.09. The molecule has 0 fully saturated rings. The van der Waals surface area contributed by atoms with Crippen LogP contribution in [0.5, 0.6) is 0 Å². The Bertz CT molecular complexity index is 154. The SMILES string of the molecule is CC(C)OCC1=CCC=C1. The van der Waals surface area contributed by atoms with Gasteiger partial charge in [-0.05, 0) is 25.8 Å². The van der Waals surface area contributed by atoms with Gasteiger partial charge >= 0.3 is 0 Å². The maximum atomic E-state index is 5.41. The lowest BCUT2D eigenvalue weighted by molar-refractivity contribution is 0.0989. The molecule has 1 rings (SSSR count). The van der Waals surface area contributed by atoms with Crippen molar-refractivity contribution in [1.29, 1.82) is 0 Å². The quantitative estimate of drug-likeness (QED) is 0.581. The molecular formula is C9H14O. The van der Waals surface area contributed by atoms with Crippen molar-refractivity contribution in [3.05, 3.63) is 23.8 Å². The number of allylic oxidation sites excluding steroid dienone is 2. The summed E-state index contributed by atoms with van der Waals surface area (Å²) >= 11 is 0. The summed E-state index contributed by atoms with van der Waals surface area (Å²) in [5, 5.41) is 0. The monoisotopic (exact) mass is 138 g/mol.